The van der Waals surface area contributed by atoms with Gasteiger partial charge in [0.05, 0.1) is 5.92 Å². The molecule has 2 aliphatic rings. The lowest BCUT2D eigenvalue weighted by molar-refractivity contribution is -0.142. The first kappa shape index (κ1) is 9.00. The Bertz CT molecular complexity index is 213. The molecule has 0 spiro atoms. The van der Waals surface area contributed by atoms with Crippen molar-refractivity contribution in [2.24, 2.45) is 5.92 Å². The molecule has 13 heavy (non-hydrogen) atoms. The third-order valence-electron chi connectivity index (χ3n) is 3.66. The number of hydrogen-bond donors (Lipinski definition) is 1. The highest BCUT2D eigenvalue weighted by Gasteiger charge is 2.40. The fraction of sp³-hybridized carbons (Fsp3) is 0.900. The normalized spacial score (nSPS) is 36.1. The third kappa shape index (κ3) is 1.46. The summed E-state index contributed by atoms with van der Waals surface area (Å²) in [5.74, 6) is -0.741. The summed E-state index contributed by atoms with van der Waals surface area (Å²) in [5.41, 5.74) is 0. The lowest BCUT2D eigenvalue weighted by atomic mass is 9.90. The molecule has 0 aromatic carbocycles. The molecule has 2 unspecified atom stereocenters. The molecule has 0 radical (unpaired) electrons. The van der Waals surface area contributed by atoms with Gasteiger partial charge in [-0.15, -0.1) is 0 Å². The van der Waals surface area contributed by atoms with E-state index >= 15 is 0 Å². The molecule has 2 fully saturated rings. The summed E-state index contributed by atoms with van der Waals surface area (Å²) in [6, 6.07) is 0.946. The van der Waals surface area contributed by atoms with Crippen LogP contribution in [-0.2, 0) is 4.79 Å². The maximum Gasteiger partial charge on any atom is 0.308 e. The molecule has 1 saturated carbocycles. The van der Waals surface area contributed by atoms with Gasteiger partial charge in [-0.25, -0.2) is 0 Å². The number of hydrogen-bond acceptors (Lipinski definition) is 2. The molecule has 1 heterocycles. The monoisotopic (exact) mass is 183 g/mol. The summed E-state index contributed by atoms with van der Waals surface area (Å²) in [4.78, 5) is 13.3. The standard InChI is InChI=1S/C10H17NO2/c1-7-9(10(12)13)5-6-11(7)8-3-2-4-8/h7-9H,2-6H2,1H3,(H,12,13). The summed E-state index contributed by atoms with van der Waals surface area (Å²) in [6.45, 7) is 3.05. The lowest BCUT2D eigenvalue weighted by Gasteiger charge is -2.38. The molecule has 0 aromatic heterocycles. The largest absolute Gasteiger partial charge is 0.481 e. The molecule has 1 N–H and O–H groups in total. The van der Waals surface area contributed by atoms with Crippen molar-refractivity contribution in [3.8, 4) is 0 Å². The van der Waals surface area contributed by atoms with E-state index in [0.29, 0.717) is 6.04 Å². The number of carboxylic acid groups (broad SMARTS) is 1. The lowest BCUT2D eigenvalue weighted by Crippen LogP contribution is -2.44. The predicted octanol–water partition coefficient (Wildman–Crippen LogP) is 1.33. The summed E-state index contributed by atoms with van der Waals surface area (Å²) in [7, 11) is 0. The summed E-state index contributed by atoms with van der Waals surface area (Å²) < 4.78 is 0. The minimum atomic E-state index is -0.616. The highest BCUT2D eigenvalue weighted by atomic mass is 16.4. The SMILES string of the molecule is CC1C(C(=O)O)CCN1C1CCC1. The zero-order valence-electron chi connectivity index (χ0n) is 8.07. The van der Waals surface area contributed by atoms with E-state index in [0.717, 1.165) is 13.0 Å². The molecule has 3 heteroatoms. The average molecular weight is 183 g/mol. The molecule has 1 aliphatic heterocycles. The van der Waals surface area contributed by atoms with Crippen molar-refractivity contribution in [3.05, 3.63) is 0 Å². The zero-order chi connectivity index (χ0) is 9.42. The van der Waals surface area contributed by atoms with Crippen LogP contribution in [0.25, 0.3) is 0 Å². The number of carboxylic acids is 1. The molecule has 0 amide bonds. The van der Waals surface area contributed by atoms with Gasteiger partial charge in [0, 0.05) is 12.1 Å². The van der Waals surface area contributed by atoms with Gasteiger partial charge in [0.2, 0.25) is 0 Å². The summed E-state index contributed by atoms with van der Waals surface area (Å²) in [5, 5.41) is 8.95. The Labute approximate surface area is 78.7 Å². The van der Waals surface area contributed by atoms with E-state index < -0.39 is 5.97 Å². The van der Waals surface area contributed by atoms with Gasteiger partial charge in [-0.2, -0.15) is 0 Å². The molecule has 1 saturated heterocycles. The van der Waals surface area contributed by atoms with E-state index in [-0.39, 0.29) is 12.0 Å². The van der Waals surface area contributed by atoms with Crippen molar-refractivity contribution in [1.29, 1.82) is 0 Å². The molecule has 74 valence electrons. The Hall–Kier alpha value is -0.570. The van der Waals surface area contributed by atoms with Crippen molar-refractivity contribution in [1.82, 2.24) is 4.90 Å². The molecule has 2 rings (SSSR count). The maximum atomic E-state index is 10.9. The van der Waals surface area contributed by atoms with Gasteiger partial charge in [0.15, 0.2) is 0 Å². The fourth-order valence-electron chi connectivity index (χ4n) is 2.53. The minimum Gasteiger partial charge on any atom is -0.481 e. The maximum absolute atomic E-state index is 10.9. The van der Waals surface area contributed by atoms with Gasteiger partial charge in [0.1, 0.15) is 0 Å². The number of rotatable bonds is 2. The van der Waals surface area contributed by atoms with Crippen LogP contribution in [-0.4, -0.2) is 34.6 Å². The van der Waals surface area contributed by atoms with Crippen LogP contribution in [0, 0.1) is 5.92 Å². The Morgan fingerprint density at radius 1 is 1.38 bits per heavy atom. The molecule has 0 aromatic rings. The summed E-state index contributed by atoms with van der Waals surface area (Å²) in [6.07, 6.45) is 4.71. The van der Waals surface area contributed by atoms with Crippen molar-refractivity contribution >= 4 is 5.97 Å². The number of nitrogens with zero attached hydrogens (tertiary/aromatic N) is 1. The summed E-state index contributed by atoms with van der Waals surface area (Å²) >= 11 is 0. The third-order valence-corrected chi connectivity index (χ3v) is 3.66. The van der Waals surface area contributed by atoms with Crippen molar-refractivity contribution in [2.75, 3.05) is 6.54 Å². The molecule has 0 bridgehead atoms. The molecule has 1 aliphatic carbocycles. The van der Waals surface area contributed by atoms with E-state index in [1.165, 1.54) is 19.3 Å². The first-order valence-electron chi connectivity index (χ1n) is 5.18. The quantitative estimate of drug-likeness (QED) is 0.702. The van der Waals surface area contributed by atoms with Gasteiger partial charge in [-0.3, -0.25) is 9.69 Å². The average Bonchev–Trinajstić information content (AvgIpc) is 2.29. The number of carbonyl (C=O) groups is 1. The highest BCUT2D eigenvalue weighted by molar-refractivity contribution is 5.71. The first-order valence-corrected chi connectivity index (χ1v) is 5.18. The first-order chi connectivity index (χ1) is 6.20. The minimum absolute atomic E-state index is 0.124. The Morgan fingerprint density at radius 3 is 2.46 bits per heavy atom. The molecular weight excluding hydrogens is 166 g/mol. The van der Waals surface area contributed by atoms with Crippen LogP contribution in [0.5, 0.6) is 0 Å². The van der Waals surface area contributed by atoms with Crippen molar-refractivity contribution < 1.29 is 9.90 Å². The van der Waals surface area contributed by atoms with Crippen molar-refractivity contribution in [3.63, 3.8) is 0 Å². The Morgan fingerprint density at radius 2 is 2.08 bits per heavy atom. The van der Waals surface area contributed by atoms with Gasteiger partial charge in [-0.05, 0) is 32.7 Å². The number of aliphatic carboxylic acids is 1. The Balaban J connectivity index is 1.97. The second-order valence-electron chi connectivity index (χ2n) is 4.30. The van der Waals surface area contributed by atoms with Gasteiger partial charge in [-0.1, -0.05) is 6.42 Å². The molecule has 2 atom stereocenters. The molecular formula is C10H17NO2. The van der Waals surface area contributed by atoms with Gasteiger partial charge in [0.25, 0.3) is 0 Å². The van der Waals surface area contributed by atoms with Crippen LogP contribution >= 0.6 is 0 Å². The van der Waals surface area contributed by atoms with E-state index in [9.17, 15) is 4.79 Å². The van der Waals surface area contributed by atoms with Gasteiger partial charge < -0.3 is 5.11 Å². The van der Waals surface area contributed by atoms with Gasteiger partial charge >= 0.3 is 5.97 Å². The van der Waals surface area contributed by atoms with E-state index in [1.807, 2.05) is 0 Å². The second-order valence-corrected chi connectivity index (χ2v) is 4.30. The van der Waals surface area contributed by atoms with Crippen LogP contribution in [0.15, 0.2) is 0 Å². The van der Waals surface area contributed by atoms with Crippen LogP contribution < -0.4 is 0 Å². The Kier molecular flexibility index (Phi) is 2.28. The molecule has 3 nitrogen and oxygen atoms in total. The van der Waals surface area contributed by atoms with Crippen molar-refractivity contribution in [2.45, 2.75) is 44.7 Å². The second kappa shape index (κ2) is 3.29. The fourth-order valence-corrected chi connectivity index (χ4v) is 2.53. The topological polar surface area (TPSA) is 40.5 Å². The predicted molar refractivity (Wildman–Crippen MR) is 49.5 cm³/mol. The smallest absolute Gasteiger partial charge is 0.308 e. The van der Waals surface area contributed by atoms with E-state index in [4.69, 9.17) is 5.11 Å². The highest BCUT2D eigenvalue weighted by Crippen LogP contribution is 2.33. The van der Waals surface area contributed by atoms with Crippen LogP contribution in [0.1, 0.15) is 32.6 Å². The number of likely N-dealkylation sites (tertiary alicyclic amines) is 1. The van der Waals surface area contributed by atoms with E-state index in [2.05, 4.69) is 11.8 Å². The van der Waals surface area contributed by atoms with Crippen LogP contribution in [0.2, 0.25) is 0 Å². The van der Waals surface area contributed by atoms with Crippen LogP contribution in [0.3, 0.4) is 0 Å². The zero-order valence-corrected chi connectivity index (χ0v) is 8.07. The van der Waals surface area contributed by atoms with E-state index in [1.54, 1.807) is 0 Å². The van der Waals surface area contributed by atoms with Crippen LogP contribution in [0.4, 0.5) is 0 Å².